The van der Waals surface area contributed by atoms with E-state index in [2.05, 4.69) is 25.7 Å². The van der Waals surface area contributed by atoms with Crippen LogP contribution in [0, 0.1) is 0 Å². The first kappa shape index (κ1) is 10.2. The van der Waals surface area contributed by atoms with E-state index in [-0.39, 0.29) is 0 Å². The van der Waals surface area contributed by atoms with Crippen LogP contribution in [0.4, 0.5) is 0 Å². The topological polar surface area (TPSA) is 0 Å². The van der Waals surface area contributed by atoms with Crippen molar-refractivity contribution in [1.29, 1.82) is 0 Å². The van der Waals surface area contributed by atoms with E-state index in [1.54, 1.807) is 0 Å². The van der Waals surface area contributed by atoms with Gasteiger partial charge < -0.3 is 0 Å². The maximum atomic E-state index is 3.82. The number of hydrogen-bond acceptors (Lipinski definition) is 2. The van der Waals surface area contributed by atoms with Gasteiger partial charge >= 0.3 is 0 Å². The molecule has 58 valence electrons. The van der Waals surface area contributed by atoms with E-state index >= 15 is 0 Å². The summed E-state index contributed by atoms with van der Waals surface area (Å²) in [6, 6.07) is 0. The normalized spacial score (nSPS) is 10.6. The minimum Gasteiger partial charge on any atom is -0.0993 e. The van der Waals surface area contributed by atoms with Crippen LogP contribution in [-0.4, -0.2) is 11.5 Å². The summed E-state index contributed by atoms with van der Waals surface area (Å²) in [5, 5.41) is 0. The van der Waals surface area contributed by atoms with Crippen molar-refractivity contribution >= 4 is 21.6 Å². The van der Waals surface area contributed by atoms with E-state index in [1.807, 2.05) is 28.5 Å². The Morgan fingerprint density at radius 1 is 1.50 bits per heavy atom. The summed E-state index contributed by atoms with van der Waals surface area (Å²) in [6.45, 7) is 7.93. The van der Waals surface area contributed by atoms with Gasteiger partial charge in [-0.15, -0.1) is 0 Å². The van der Waals surface area contributed by atoms with E-state index in [4.69, 9.17) is 0 Å². The Labute approximate surface area is 71.6 Å². The third-order valence-corrected chi connectivity index (χ3v) is 3.16. The molecule has 0 aromatic heterocycles. The molecule has 0 aromatic carbocycles. The number of allylic oxidation sites excluding steroid dienone is 1. The molecule has 0 bridgehead atoms. The van der Waals surface area contributed by atoms with Gasteiger partial charge in [0.2, 0.25) is 0 Å². The smallest absolute Gasteiger partial charge is 0.0242 e. The second-order valence-corrected chi connectivity index (χ2v) is 4.58. The van der Waals surface area contributed by atoms with Gasteiger partial charge in [0.25, 0.3) is 0 Å². The first-order valence-electron chi connectivity index (χ1n) is 3.27. The van der Waals surface area contributed by atoms with E-state index in [1.165, 1.54) is 5.57 Å². The van der Waals surface area contributed by atoms with Crippen LogP contribution in [0.1, 0.15) is 13.8 Å². The maximum Gasteiger partial charge on any atom is 0.0242 e. The molecule has 0 aliphatic rings. The van der Waals surface area contributed by atoms with Gasteiger partial charge in [-0.1, -0.05) is 45.9 Å². The predicted octanol–water partition coefficient (Wildman–Crippen LogP) is 3.52. The quantitative estimate of drug-likeness (QED) is 0.355. The second-order valence-electron chi connectivity index (χ2n) is 2.07. The van der Waals surface area contributed by atoms with Crippen LogP contribution in [0.2, 0.25) is 0 Å². The van der Waals surface area contributed by atoms with Gasteiger partial charge in [-0.05, 0) is 13.8 Å². The summed E-state index contributed by atoms with van der Waals surface area (Å²) in [5.74, 6) is 2.18. The highest BCUT2D eigenvalue weighted by Gasteiger charge is 1.86. The van der Waals surface area contributed by atoms with Crippen molar-refractivity contribution in [2.75, 3.05) is 11.5 Å². The maximum absolute atomic E-state index is 3.82. The van der Waals surface area contributed by atoms with Gasteiger partial charge in [0.05, 0.1) is 0 Å². The molecule has 2 heteroatoms. The molecule has 0 heterocycles. The van der Waals surface area contributed by atoms with Gasteiger partial charge in [-0.25, -0.2) is 0 Å². The Kier molecular flexibility index (Phi) is 7.42. The Morgan fingerprint density at radius 2 is 2.20 bits per heavy atom. The van der Waals surface area contributed by atoms with Crippen molar-refractivity contribution in [2.45, 2.75) is 13.8 Å². The number of hydrogen-bond donors (Lipinski definition) is 0. The third-order valence-electron chi connectivity index (χ3n) is 0.789. The lowest BCUT2D eigenvalue weighted by Crippen LogP contribution is -1.74. The fraction of sp³-hybridized carbons (Fsp3) is 0.500. The zero-order valence-electron chi connectivity index (χ0n) is 6.59. The van der Waals surface area contributed by atoms with Crippen molar-refractivity contribution < 1.29 is 0 Å². The first-order valence-corrected chi connectivity index (χ1v) is 5.76. The summed E-state index contributed by atoms with van der Waals surface area (Å²) >= 11 is 0. The third kappa shape index (κ3) is 8.18. The molecule has 0 nitrogen and oxygen atoms in total. The van der Waals surface area contributed by atoms with Crippen molar-refractivity contribution in [3.05, 3.63) is 24.3 Å². The molecule has 10 heavy (non-hydrogen) atoms. The van der Waals surface area contributed by atoms with E-state index < -0.39 is 0 Å². The Balaban J connectivity index is 2.98. The molecule has 0 aromatic rings. The molecule has 0 N–H and O–H groups in total. The average Bonchev–Trinajstić information content (AvgIpc) is 1.87. The molecular weight excluding hydrogens is 160 g/mol. The summed E-state index contributed by atoms with van der Waals surface area (Å²) in [5.41, 5.74) is 1.25. The van der Waals surface area contributed by atoms with Gasteiger partial charge in [0, 0.05) is 11.5 Å². The molecule has 0 aliphatic heterocycles. The Bertz CT molecular complexity index is 116. The first-order chi connectivity index (χ1) is 4.77. The second kappa shape index (κ2) is 7.29. The minimum absolute atomic E-state index is 1.07. The lowest BCUT2D eigenvalue weighted by Gasteiger charge is -1.95. The summed E-state index contributed by atoms with van der Waals surface area (Å²) in [7, 11) is 3.74. The largest absolute Gasteiger partial charge is 0.0993 e. The van der Waals surface area contributed by atoms with Crippen LogP contribution in [-0.2, 0) is 0 Å². The summed E-state index contributed by atoms with van der Waals surface area (Å²) < 4.78 is 0. The molecule has 0 fully saturated rings. The molecular formula is C8H14S2. The van der Waals surface area contributed by atoms with Crippen LogP contribution < -0.4 is 0 Å². The molecule has 0 atom stereocenters. The molecule has 0 saturated heterocycles. The monoisotopic (exact) mass is 174 g/mol. The van der Waals surface area contributed by atoms with Crippen LogP contribution in [0.15, 0.2) is 24.3 Å². The lowest BCUT2D eigenvalue weighted by molar-refractivity contribution is 1.45. The molecule has 0 aliphatic carbocycles. The van der Waals surface area contributed by atoms with Gasteiger partial charge in [-0.3, -0.25) is 0 Å². The van der Waals surface area contributed by atoms with E-state index in [0.717, 1.165) is 11.5 Å². The van der Waals surface area contributed by atoms with E-state index in [0.29, 0.717) is 0 Å². The summed E-state index contributed by atoms with van der Waals surface area (Å²) in [6.07, 6.45) is 4.24. The van der Waals surface area contributed by atoms with Crippen molar-refractivity contribution in [3.8, 4) is 0 Å². The standard InChI is InChI=1S/C8H14S2/c1-4-5-6-9-10-7-8(2)3/h4-5H,2,6-7H2,1,3H3/b5-4+. The zero-order chi connectivity index (χ0) is 7.82. The van der Waals surface area contributed by atoms with Crippen molar-refractivity contribution in [1.82, 2.24) is 0 Å². The lowest BCUT2D eigenvalue weighted by atomic mass is 10.4. The van der Waals surface area contributed by atoms with Gasteiger partial charge in [-0.2, -0.15) is 0 Å². The van der Waals surface area contributed by atoms with Crippen molar-refractivity contribution in [2.24, 2.45) is 0 Å². The van der Waals surface area contributed by atoms with E-state index in [9.17, 15) is 0 Å². The summed E-state index contributed by atoms with van der Waals surface area (Å²) in [4.78, 5) is 0. The highest BCUT2D eigenvalue weighted by atomic mass is 33.1. The molecule has 0 amide bonds. The van der Waals surface area contributed by atoms with Crippen molar-refractivity contribution in [3.63, 3.8) is 0 Å². The Hall–Kier alpha value is 0.180. The van der Waals surface area contributed by atoms with Crippen LogP contribution in [0.3, 0.4) is 0 Å². The Morgan fingerprint density at radius 3 is 2.70 bits per heavy atom. The predicted molar refractivity (Wildman–Crippen MR) is 54.5 cm³/mol. The number of rotatable bonds is 5. The fourth-order valence-corrected chi connectivity index (χ4v) is 2.36. The van der Waals surface area contributed by atoms with Gasteiger partial charge in [0.1, 0.15) is 0 Å². The zero-order valence-corrected chi connectivity index (χ0v) is 8.23. The highest BCUT2D eigenvalue weighted by Crippen LogP contribution is 2.22. The fourth-order valence-electron chi connectivity index (χ4n) is 0.326. The molecule has 0 saturated carbocycles. The average molecular weight is 174 g/mol. The highest BCUT2D eigenvalue weighted by molar-refractivity contribution is 8.76. The molecule has 0 radical (unpaired) electrons. The molecule has 0 unspecified atom stereocenters. The van der Waals surface area contributed by atoms with Gasteiger partial charge in [0.15, 0.2) is 0 Å². The molecule has 0 spiro atoms. The molecule has 0 rings (SSSR count). The van der Waals surface area contributed by atoms with Crippen LogP contribution in [0.5, 0.6) is 0 Å². The van der Waals surface area contributed by atoms with Crippen LogP contribution >= 0.6 is 21.6 Å². The van der Waals surface area contributed by atoms with Crippen LogP contribution in [0.25, 0.3) is 0 Å². The SMILES string of the molecule is C=C(C)CSSC/C=C/C. The minimum atomic E-state index is 1.07.